The quantitative estimate of drug-likeness (QED) is 0.645. The lowest BCUT2D eigenvalue weighted by Crippen LogP contribution is -2.34. The van der Waals surface area contributed by atoms with Crippen LogP contribution in [0.2, 0.25) is 5.02 Å². The molecule has 0 radical (unpaired) electrons. The van der Waals surface area contributed by atoms with Gasteiger partial charge < -0.3 is 19.1 Å². The van der Waals surface area contributed by atoms with E-state index in [0.717, 1.165) is 5.56 Å². The second kappa shape index (κ2) is 9.83. The zero-order valence-corrected chi connectivity index (χ0v) is 16.3. The molecule has 0 spiro atoms. The number of benzene rings is 2. The van der Waals surface area contributed by atoms with Crippen LogP contribution in [-0.2, 0) is 9.53 Å². The predicted molar refractivity (Wildman–Crippen MR) is 103 cm³/mol. The van der Waals surface area contributed by atoms with Crippen molar-refractivity contribution in [3.05, 3.63) is 58.6 Å². The Kier molecular flexibility index (Phi) is 7.49. The van der Waals surface area contributed by atoms with Crippen LogP contribution in [0.5, 0.6) is 11.5 Å². The topological polar surface area (TPSA) is 65.1 Å². The average Bonchev–Trinajstić information content (AvgIpc) is 2.67. The molecule has 0 saturated carbocycles. The monoisotopic (exact) mass is 391 g/mol. The number of aryl methyl sites for hydroxylation is 1. The van der Waals surface area contributed by atoms with Crippen molar-refractivity contribution in [3.63, 3.8) is 0 Å². The molecule has 0 bridgehead atoms. The third kappa shape index (κ3) is 6.18. The first-order valence-corrected chi connectivity index (χ1v) is 8.72. The maximum Gasteiger partial charge on any atom is 0.342 e. The fourth-order valence-electron chi connectivity index (χ4n) is 2.25. The van der Waals surface area contributed by atoms with Crippen molar-refractivity contribution in [1.29, 1.82) is 0 Å². The van der Waals surface area contributed by atoms with Gasteiger partial charge in [0, 0.05) is 12.1 Å². The lowest BCUT2D eigenvalue weighted by atomic mass is 10.1. The Morgan fingerprint density at radius 3 is 2.48 bits per heavy atom. The number of hydrogen-bond donors (Lipinski definition) is 0. The van der Waals surface area contributed by atoms with Crippen LogP contribution in [0.15, 0.2) is 42.5 Å². The first-order chi connectivity index (χ1) is 12.9. The normalized spacial score (nSPS) is 10.2. The molecule has 0 saturated heterocycles. The van der Waals surface area contributed by atoms with Gasteiger partial charge in [0.1, 0.15) is 23.7 Å². The summed E-state index contributed by atoms with van der Waals surface area (Å²) < 4.78 is 15.8. The van der Waals surface area contributed by atoms with Gasteiger partial charge in [-0.05, 0) is 43.3 Å². The van der Waals surface area contributed by atoms with E-state index in [4.69, 9.17) is 25.8 Å². The molecule has 0 aromatic heterocycles. The van der Waals surface area contributed by atoms with E-state index in [9.17, 15) is 9.59 Å². The van der Waals surface area contributed by atoms with Crippen molar-refractivity contribution in [2.45, 2.75) is 6.92 Å². The maximum absolute atomic E-state index is 12.2. The van der Waals surface area contributed by atoms with E-state index >= 15 is 0 Å². The molecule has 7 heteroatoms. The second-order valence-corrected chi connectivity index (χ2v) is 6.33. The van der Waals surface area contributed by atoms with Gasteiger partial charge in [0.2, 0.25) is 0 Å². The molecule has 0 fully saturated rings. The van der Waals surface area contributed by atoms with Crippen molar-refractivity contribution in [2.75, 3.05) is 33.9 Å². The van der Waals surface area contributed by atoms with E-state index in [-0.39, 0.29) is 12.5 Å². The summed E-state index contributed by atoms with van der Waals surface area (Å²) in [5.74, 6) is 0.144. The van der Waals surface area contributed by atoms with Crippen molar-refractivity contribution < 1.29 is 23.8 Å². The van der Waals surface area contributed by atoms with Gasteiger partial charge in [-0.25, -0.2) is 4.79 Å². The molecule has 0 N–H and O–H groups in total. The minimum absolute atomic E-state index is 0.291. The van der Waals surface area contributed by atoms with Crippen LogP contribution in [0, 0.1) is 6.92 Å². The molecule has 0 heterocycles. The van der Waals surface area contributed by atoms with Crippen molar-refractivity contribution >= 4 is 23.5 Å². The number of amides is 1. The standard InChI is InChI=1S/C20H22ClNO5/c1-14-4-9-18(25-3)17(12-14)20(24)27-13-19(23)22(2)10-11-26-16-7-5-15(21)6-8-16/h4-9,12H,10-11,13H2,1-3H3. The van der Waals surface area contributed by atoms with E-state index in [1.807, 2.05) is 13.0 Å². The van der Waals surface area contributed by atoms with E-state index < -0.39 is 5.97 Å². The smallest absolute Gasteiger partial charge is 0.342 e. The molecule has 1 amide bonds. The number of carbonyl (C=O) groups excluding carboxylic acids is 2. The Hall–Kier alpha value is -2.73. The number of likely N-dealkylation sites (N-methyl/N-ethyl adjacent to an activating group) is 1. The van der Waals surface area contributed by atoms with Gasteiger partial charge in [0.25, 0.3) is 5.91 Å². The lowest BCUT2D eigenvalue weighted by Gasteiger charge is -2.17. The highest BCUT2D eigenvalue weighted by molar-refractivity contribution is 6.30. The molecule has 0 atom stereocenters. The zero-order valence-electron chi connectivity index (χ0n) is 15.5. The molecule has 27 heavy (non-hydrogen) atoms. The molecular formula is C20H22ClNO5. The molecule has 2 aromatic carbocycles. The number of nitrogens with zero attached hydrogens (tertiary/aromatic N) is 1. The van der Waals surface area contributed by atoms with Crippen LogP contribution in [0.1, 0.15) is 15.9 Å². The Bertz CT molecular complexity index is 791. The Labute approximate surface area is 163 Å². The summed E-state index contributed by atoms with van der Waals surface area (Å²) in [5, 5.41) is 0.627. The highest BCUT2D eigenvalue weighted by Gasteiger charge is 2.17. The summed E-state index contributed by atoms with van der Waals surface area (Å²) in [6.07, 6.45) is 0. The minimum atomic E-state index is -0.602. The minimum Gasteiger partial charge on any atom is -0.496 e. The van der Waals surface area contributed by atoms with Crippen molar-refractivity contribution in [2.24, 2.45) is 0 Å². The molecule has 0 aliphatic heterocycles. The average molecular weight is 392 g/mol. The molecule has 2 aromatic rings. The third-order valence-corrected chi connectivity index (χ3v) is 4.09. The summed E-state index contributed by atoms with van der Waals surface area (Å²) in [5.41, 5.74) is 1.18. The van der Waals surface area contributed by atoms with E-state index in [1.165, 1.54) is 12.0 Å². The van der Waals surface area contributed by atoms with Crippen LogP contribution in [0.4, 0.5) is 0 Å². The number of ether oxygens (including phenoxy) is 3. The number of carbonyl (C=O) groups is 2. The van der Waals surface area contributed by atoms with Gasteiger partial charge in [-0.3, -0.25) is 4.79 Å². The second-order valence-electron chi connectivity index (χ2n) is 5.90. The molecule has 0 aliphatic rings. The number of methoxy groups -OCH3 is 1. The first-order valence-electron chi connectivity index (χ1n) is 8.35. The first kappa shape index (κ1) is 20.6. The summed E-state index contributed by atoms with van der Waals surface area (Å²) in [7, 11) is 3.09. The summed E-state index contributed by atoms with van der Waals surface area (Å²) >= 11 is 5.81. The predicted octanol–water partition coefficient (Wildman–Crippen LogP) is 3.35. The Balaban J connectivity index is 1.79. The molecule has 0 aliphatic carbocycles. The fraction of sp³-hybridized carbons (Fsp3) is 0.300. The lowest BCUT2D eigenvalue weighted by molar-refractivity contribution is -0.133. The van der Waals surface area contributed by atoms with Gasteiger partial charge >= 0.3 is 5.97 Å². The number of halogens is 1. The Morgan fingerprint density at radius 1 is 1.11 bits per heavy atom. The molecule has 2 rings (SSSR count). The molecule has 0 unspecified atom stereocenters. The van der Waals surface area contributed by atoms with E-state index in [1.54, 1.807) is 43.4 Å². The molecule has 144 valence electrons. The Morgan fingerprint density at radius 2 is 1.81 bits per heavy atom. The number of hydrogen-bond acceptors (Lipinski definition) is 5. The maximum atomic E-state index is 12.2. The van der Waals surface area contributed by atoms with Crippen LogP contribution in [-0.4, -0.2) is 50.7 Å². The van der Waals surface area contributed by atoms with Gasteiger partial charge in [0.05, 0.1) is 13.7 Å². The summed E-state index contributed by atoms with van der Waals surface area (Å²) in [6, 6.07) is 12.1. The SMILES string of the molecule is COc1ccc(C)cc1C(=O)OCC(=O)N(C)CCOc1ccc(Cl)cc1. The number of rotatable bonds is 8. The van der Waals surface area contributed by atoms with Gasteiger partial charge in [-0.2, -0.15) is 0 Å². The van der Waals surface area contributed by atoms with E-state index in [0.29, 0.717) is 35.2 Å². The van der Waals surface area contributed by atoms with Crippen LogP contribution >= 0.6 is 11.6 Å². The van der Waals surface area contributed by atoms with Crippen LogP contribution in [0.3, 0.4) is 0 Å². The van der Waals surface area contributed by atoms with Crippen LogP contribution in [0.25, 0.3) is 0 Å². The van der Waals surface area contributed by atoms with Crippen LogP contribution < -0.4 is 9.47 Å². The summed E-state index contributed by atoms with van der Waals surface area (Å²) in [6.45, 7) is 2.17. The highest BCUT2D eigenvalue weighted by atomic mass is 35.5. The largest absolute Gasteiger partial charge is 0.496 e. The molecular weight excluding hydrogens is 370 g/mol. The van der Waals surface area contributed by atoms with Gasteiger partial charge in [-0.15, -0.1) is 0 Å². The van der Waals surface area contributed by atoms with Gasteiger partial charge in [-0.1, -0.05) is 23.2 Å². The van der Waals surface area contributed by atoms with Crippen molar-refractivity contribution in [3.8, 4) is 11.5 Å². The number of esters is 1. The van der Waals surface area contributed by atoms with Crippen molar-refractivity contribution in [1.82, 2.24) is 4.90 Å². The fourth-order valence-corrected chi connectivity index (χ4v) is 2.38. The molecule has 6 nitrogen and oxygen atoms in total. The zero-order chi connectivity index (χ0) is 19.8. The summed E-state index contributed by atoms with van der Waals surface area (Å²) in [4.78, 5) is 25.8. The highest BCUT2D eigenvalue weighted by Crippen LogP contribution is 2.20. The third-order valence-electron chi connectivity index (χ3n) is 3.84. The van der Waals surface area contributed by atoms with Gasteiger partial charge in [0.15, 0.2) is 6.61 Å². The van der Waals surface area contributed by atoms with E-state index in [2.05, 4.69) is 0 Å².